The second-order valence-corrected chi connectivity index (χ2v) is 4.57. The summed E-state index contributed by atoms with van der Waals surface area (Å²) in [6.45, 7) is 2.08. The molecule has 8 heteroatoms. The van der Waals surface area contributed by atoms with Crippen molar-refractivity contribution < 1.29 is 9.67 Å². The number of fused-ring (bicyclic) bond motifs is 1. The minimum Gasteiger partial charge on any atom is -0.389 e. The Morgan fingerprint density at radius 3 is 2.72 bits per heavy atom. The average molecular weight is 314 g/mol. The van der Waals surface area contributed by atoms with Crippen LogP contribution in [0.3, 0.4) is 0 Å². The molecule has 0 aliphatic heterocycles. The van der Waals surface area contributed by atoms with Gasteiger partial charge in [-0.05, 0) is 6.92 Å². The molecule has 0 saturated heterocycles. The van der Waals surface area contributed by atoms with Gasteiger partial charge in [0.25, 0.3) is 0 Å². The van der Waals surface area contributed by atoms with E-state index in [-0.39, 0.29) is 11.8 Å². The van der Waals surface area contributed by atoms with E-state index in [2.05, 4.69) is 30.9 Å². The zero-order valence-electron chi connectivity index (χ0n) is 9.84. The molecule has 0 bridgehead atoms. The van der Waals surface area contributed by atoms with Gasteiger partial charge in [0.1, 0.15) is 12.7 Å². The number of anilines is 2. The molecule has 1 atom stereocenters. The van der Waals surface area contributed by atoms with E-state index in [4.69, 9.17) is 11.5 Å². The van der Waals surface area contributed by atoms with E-state index < -0.39 is 6.10 Å². The number of halogens is 1. The van der Waals surface area contributed by atoms with Crippen LogP contribution in [0.25, 0.3) is 11.2 Å². The number of aromatic nitrogens is 4. The summed E-state index contributed by atoms with van der Waals surface area (Å²) in [5, 5.41) is 10.1. The second kappa shape index (κ2) is 4.99. The lowest BCUT2D eigenvalue weighted by Gasteiger charge is -2.07. The van der Waals surface area contributed by atoms with Gasteiger partial charge in [0.15, 0.2) is 11.3 Å². The molecule has 18 heavy (non-hydrogen) atoms. The van der Waals surface area contributed by atoms with Gasteiger partial charge in [0.05, 0.1) is 11.8 Å². The number of nitrogen functional groups attached to an aromatic ring is 2. The van der Waals surface area contributed by atoms with Crippen molar-refractivity contribution in [3.05, 3.63) is 11.9 Å². The summed E-state index contributed by atoms with van der Waals surface area (Å²) in [5.74, 6) is 0.326. The molecule has 2 heterocycles. The maximum Gasteiger partial charge on any atom is 0.357 e. The Hall–Kier alpha value is -1.54. The first-order valence-corrected chi connectivity index (χ1v) is 6.49. The van der Waals surface area contributed by atoms with E-state index in [1.807, 2.05) is 0 Å². The van der Waals surface area contributed by atoms with Gasteiger partial charge in [0, 0.05) is 10.3 Å². The maximum atomic E-state index is 9.51. The van der Waals surface area contributed by atoms with Gasteiger partial charge in [-0.25, -0.2) is 9.55 Å². The SMILES string of the molecule is CC(O)C[n+]1cc(CBr)nc2c(N)nc(N)nc21. The van der Waals surface area contributed by atoms with Crippen molar-refractivity contribution in [1.29, 1.82) is 0 Å². The number of aliphatic hydroxyl groups is 1. The maximum absolute atomic E-state index is 9.51. The Labute approximate surface area is 112 Å². The number of alkyl halides is 1. The molecule has 2 aromatic rings. The largest absolute Gasteiger partial charge is 0.389 e. The molecule has 0 amide bonds. The summed E-state index contributed by atoms with van der Waals surface area (Å²) in [7, 11) is 0. The van der Waals surface area contributed by atoms with Crippen molar-refractivity contribution in [1.82, 2.24) is 15.0 Å². The fourth-order valence-electron chi connectivity index (χ4n) is 1.69. The van der Waals surface area contributed by atoms with Crippen molar-refractivity contribution in [2.75, 3.05) is 11.5 Å². The van der Waals surface area contributed by atoms with Crippen LogP contribution in [-0.4, -0.2) is 26.2 Å². The zero-order chi connectivity index (χ0) is 13.3. The monoisotopic (exact) mass is 313 g/mol. The smallest absolute Gasteiger partial charge is 0.357 e. The van der Waals surface area contributed by atoms with Gasteiger partial charge in [-0.1, -0.05) is 15.9 Å². The molecule has 1 unspecified atom stereocenters. The highest BCUT2D eigenvalue weighted by Crippen LogP contribution is 2.14. The predicted molar refractivity (Wildman–Crippen MR) is 70.7 cm³/mol. The molecular formula is C10H14BrN6O+. The van der Waals surface area contributed by atoms with Crippen LogP contribution in [0.5, 0.6) is 0 Å². The molecule has 0 fully saturated rings. The zero-order valence-corrected chi connectivity index (χ0v) is 11.4. The summed E-state index contributed by atoms with van der Waals surface area (Å²) in [6, 6.07) is 0. The molecule has 7 nitrogen and oxygen atoms in total. The highest BCUT2D eigenvalue weighted by molar-refractivity contribution is 9.08. The van der Waals surface area contributed by atoms with E-state index in [1.165, 1.54) is 0 Å². The van der Waals surface area contributed by atoms with Crippen LogP contribution in [0.15, 0.2) is 6.20 Å². The molecule has 0 aliphatic carbocycles. The first-order valence-electron chi connectivity index (χ1n) is 5.37. The van der Waals surface area contributed by atoms with E-state index in [9.17, 15) is 5.11 Å². The first-order chi connectivity index (χ1) is 8.51. The van der Waals surface area contributed by atoms with Crippen LogP contribution in [0.2, 0.25) is 0 Å². The molecule has 2 rings (SSSR count). The first kappa shape index (κ1) is 12.9. The van der Waals surface area contributed by atoms with E-state index in [0.717, 1.165) is 5.69 Å². The topological polar surface area (TPSA) is 115 Å². The van der Waals surface area contributed by atoms with Crippen molar-refractivity contribution in [2.45, 2.75) is 24.9 Å². The standard InChI is InChI=1S/C10H13BrN6O/c1-5(18)3-17-4-6(2-11)14-7-8(12)15-10(13)16-9(7)17/h4-5,18H,2-3H2,1H3,(H3,12,13,15)/p+1. The molecule has 0 saturated carbocycles. The van der Waals surface area contributed by atoms with Gasteiger partial charge in [-0.3, -0.25) is 0 Å². The van der Waals surface area contributed by atoms with E-state index in [1.54, 1.807) is 17.7 Å². The number of rotatable bonds is 3. The fourth-order valence-corrected chi connectivity index (χ4v) is 1.96. The van der Waals surface area contributed by atoms with E-state index >= 15 is 0 Å². The van der Waals surface area contributed by atoms with Crippen LogP contribution in [-0.2, 0) is 11.9 Å². The average Bonchev–Trinajstić information content (AvgIpc) is 2.29. The minimum absolute atomic E-state index is 0.0905. The summed E-state index contributed by atoms with van der Waals surface area (Å²) >= 11 is 3.34. The Morgan fingerprint density at radius 1 is 1.39 bits per heavy atom. The Balaban J connectivity index is 2.72. The number of nitrogens with two attached hydrogens (primary N) is 2. The van der Waals surface area contributed by atoms with Crippen molar-refractivity contribution in [3.8, 4) is 0 Å². The molecule has 0 aliphatic rings. The molecule has 2 aromatic heterocycles. The van der Waals surface area contributed by atoms with Crippen molar-refractivity contribution in [2.24, 2.45) is 0 Å². The molecule has 96 valence electrons. The number of nitrogens with zero attached hydrogens (tertiary/aromatic N) is 4. The van der Waals surface area contributed by atoms with Gasteiger partial charge in [-0.2, -0.15) is 4.98 Å². The third-order valence-corrected chi connectivity index (χ3v) is 2.91. The number of hydrogen-bond acceptors (Lipinski definition) is 6. The van der Waals surface area contributed by atoms with Gasteiger partial charge < -0.3 is 16.6 Å². The highest BCUT2D eigenvalue weighted by Gasteiger charge is 2.19. The van der Waals surface area contributed by atoms with Crippen LogP contribution in [0.1, 0.15) is 12.6 Å². The van der Waals surface area contributed by atoms with E-state index in [0.29, 0.717) is 23.0 Å². The quantitative estimate of drug-likeness (QED) is 0.532. The molecule has 0 spiro atoms. The Morgan fingerprint density at radius 2 is 2.11 bits per heavy atom. The molecule has 5 N–H and O–H groups in total. The predicted octanol–water partition coefficient (Wildman–Crippen LogP) is -0.248. The lowest BCUT2D eigenvalue weighted by atomic mass is 10.3. The van der Waals surface area contributed by atoms with Crippen molar-refractivity contribution in [3.63, 3.8) is 0 Å². The minimum atomic E-state index is -0.513. The van der Waals surface area contributed by atoms with Gasteiger partial charge in [0.2, 0.25) is 0 Å². The van der Waals surface area contributed by atoms with Gasteiger partial charge in [-0.15, -0.1) is 0 Å². The Bertz CT molecular complexity index is 588. The number of hydrogen-bond donors (Lipinski definition) is 3. The molecule has 0 radical (unpaired) electrons. The van der Waals surface area contributed by atoms with Gasteiger partial charge >= 0.3 is 11.6 Å². The summed E-state index contributed by atoms with van der Waals surface area (Å²) in [5.41, 5.74) is 13.2. The molecule has 0 aromatic carbocycles. The number of aliphatic hydroxyl groups excluding tert-OH is 1. The Kier molecular flexibility index (Phi) is 3.58. The summed E-state index contributed by atoms with van der Waals surface area (Å²) < 4.78 is 1.78. The third kappa shape index (κ3) is 2.49. The summed E-state index contributed by atoms with van der Waals surface area (Å²) in [6.07, 6.45) is 1.29. The van der Waals surface area contributed by atoms with Crippen LogP contribution in [0, 0.1) is 0 Å². The lowest BCUT2D eigenvalue weighted by molar-refractivity contribution is -0.680. The van der Waals surface area contributed by atoms with Crippen LogP contribution >= 0.6 is 15.9 Å². The summed E-state index contributed by atoms with van der Waals surface area (Å²) in [4.78, 5) is 12.4. The van der Waals surface area contributed by atoms with Crippen molar-refractivity contribution >= 4 is 38.9 Å². The molecular weight excluding hydrogens is 300 g/mol. The fraction of sp³-hybridized carbons (Fsp3) is 0.400. The highest BCUT2D eigenvalue weighted by atomic mass is 79.9. The van der Waals surface area contributed by atoms with Crippen LogP contribution in [0.4, 0.5) is 11.8 Å². The second-order valence-electron chi connectivity index (χ2n) is 4.01. The normalized spacial score (nSPS) is 12.8. The third-order valence-electron chi connectivity index (χ3n) is 2.34. The van der Waals surface area contributed by atoms with Crippen LogP contribution < -0.4 is 16.0 Å². The lowest BCUT2D eigenvalue weighted by Crippen LogP contribution is -2.41.